The van der Waals surface area contributed by atoms with Gasteiger partial charge in [0.1, 0.15) is 0 Å². The third-order valence-electron chi connectivity index (χ3n) is 5.42. The zero-order chi connectivity index (χ0) is 20.1. The summed E-state index contributed by atoms with van der Waals surface area (Å²) in [4.78, 5) is 0. The Morgan fingerprint density at radius 1 is 0.963 bits per heavy atom. The van der Waals surface area contributed by atoms with E-state index in [1.54, 1.807) is 0 Å². The van der Waals surface area contributed by atoms with Gasteiger partial charge < -0.3 is 9.30 Å². The van der Waals surface area contributed by atoms with Gasteiger partial charge in [-0.25, -0.2) is 0 Å². The van der Waals surface area contributed by atoms with Gasteiger partial charge in [0.15, 0.2) is 13.0 Å². The molecular formula is C23H32O2PSi. The summed E-state index contributed by atoms with van der Waals surface area (Å²) in [7, 11) is -4.74. The molecule has 0 aliphatic heterocycles. The minimum Gasteiger partial charge on any atom is -0.363 e. The van der Waals surface area contributed by atoms with Gasteiger partial charge in [0.25, 0.3) is 0 Å². The van der Waals surface area contributed by atoms with Crippen molar-refractivity contribution in [2.24, 2.45) is 0 Å². The van der Waals surface area contributed by atoms with Crippen molar-refractivity contribution in [2.75, 3.05) is 6.61 Å². The molecule has 0 heterocycles. The van der Waals surface area contributed by atoms with Crippen LogP contribution in [0.15, 0.2) is 60.7 Å². The molecule has 0 aromatic heterocycles. The largest absolute Gasteiger partial charge is 0.363 e. The van der Waals surface area contributed by atoms with Crippen LogP contribution in [0.1, 0.15) is 27.7 Å². The first kappa shape index (κ1) is 22.1. The molecular weight excluding hydrogens is 367 g/mol. The average Bonchev–Trinajstić information content (AvgIpc) is 2.65. The SMILES string of the molecule is CCO[C]([CH][CH][Si](C)(C)C(C)(C)C)P(=O)(c1ccccc1)c1ccccc1. The summed E-state index contributed by atoms with van der Waals surface area (Å²) in [6.07, 6.45) is 2.00. The van der Waals surface area contributed by atoms with Gasteiger partial charge in [-0.05, 0) is 18.0 Å². The molecule has 27 heavy (non-hydrogen) atoms. The zero-order valence-electron chi connectivity index (χ0n) is 17.4. The molecule has 0 N–H and O–H groups in total. The molecule has 0 atom stereocenters. The van der Waals surface area contributed by atoms with E-state index in [2.05, 4.69) is 39.9 Å². The van der Waals surface area contributed by atoms with Crippen LogP contribution >= 0.6 is 7.14 Å². The molecule has 3 radical (unpaired) electrons. The molecule has 0 aliphatic rings. The fourth-order valence-electron chi connectivity index (χ4n) is 2.60. The van der Waals surface area contributed by atoms with Crippen LogP contribution in [0.25, 0.3) is 0 Å². The summed E-state index contributed by atoms with van der Waals surface area (Å²) >= 11 is 0. The Hall–Kier alpha value is -1.15. The van der Waals surface area contributed by atoms with Crippen molar-refractivity contribution in [3.05, 3.63) is 79.0 Å². The third-order valence-corrected chi connectivity index (χ3v) is 13.2. The maximum Gasteiger partial charge on any atom is 0.177 e. The smallest absolute Gasteiger partial charge is 0.177 e. The van der Waals surface area contributed by atoms with Crippen LogP contribution in [0.5, 0.6) is 0 Å². The lowest BCUT2D eigenvalue weighted by molar-refractivity contribution is 0.207. The summed E-state index contributed by atoms with van der Waals surface area (Å²) in [5, 5.41) is 1.82. The Balaban J connectivity index is 2.46. The van der Waals surface area contributed by atoms with Crippen LogP contribution in [-0.2, 0) is 9.30 Å². The molecule has 2 rings (SSSR count). The van der Waals surface area contributed by atoms with Crippen molar-refractivity contribution in [2.45, 2.75) is 45.8 Å². The van der Waals surface area contributed by atoms with Crippen LogP contribution in [-0.4, -0.2) is 14.7 Å². The highest BCUT2D eigenvalue weighted by molar-refractivity contribution is 7.81. The minimum absolute atomic E-state index is 0.213. The molecule has 0 spiro atoms. The molecule has 145 valence electrons. The first-order valence-corrected chi connectivity index (χ1v) is 14.3. The van der Waals surface area contributed by atoms with E-state index in [0.717, 1.165) is 10.6 Å². The fourth-order valence-corrected chi connectivity index (χ4v) is 6.40. The van der Waals surface area contributed by atoms with Gasteiger partial charge in [0.2, 0.25) is 0 Å². The standard InChI is InChI=1S/C23H32O2PSi/c1-7-25-22(18-19-27(5,6)23(2,3)4)26(24,20-14-10-8-11-15-20)21-16-12-9-13-17-21/h8-19H,7H2,1-6H3. The summed E-state index contributed by atoms with van der Waals surface area (Å²) in [6.45, 7) is 13.9. The van der Waals surface area contributed by atoms with Gasteiger partial charge in [0.05, 0.1) is 8.07 Å². The number of hydrogen-bond donors (Lipinski definition) is 0. The van der Waals surface area contributed by atoms with Gasteiger partial charge >= 0.3 is 0 Å². The molecule has 2 aromatic carbocycles. The lowest BCUT2D eigenvalue weighted by Crippen LogP contribution is -2.39. The predicted octanol–water partition coefficient (Wildman–Crippen LogP) is 5.98. The number of hydrogen-bond acceptors (Lipinski definition) is 2. The Bertz CT molecular complexity index is 707. The van der Waals surface area contributed by atoms with E-state index < -0.39 is 15.2 Å². The first-order valence-electron chi connectivity index (χ1n) is 9.54. The Kier molecular flexibility index (Phi) is 7.30. The van der Waals surface area contributed by atoms with E-state index in [9.17, 15) is 4.57 Å². The van der Waals surface area contributed by atoms with Crippen LogP contribution in [0.4, 0.5) is 0 Å². The van der Waals surface area contributed by atoms with E-state index in [-0.39, 0.29) is 5.04 Å². The van der Waals surface area contributed by atoms with E-state index in [4.69, 9.17) is 4.74 Å². The maximum atomic E-state index is 14.5. The second-order valence-corrected chi connectivity index (χ2v) is 16.3. The number of ether oxygens (including phenoxy) is 1. The van der Waals surface area contributed by atoms with Gasteiger partial charge in [0, 0.05) is 23.6 Å². The Morgan fingerprint density at radius 2 is 1.41 bits per heavy atom. The van der Waals surface area contributed by atoms with Crippen molar-refractivity contribution in [3.63, 3.8) is 0 Å². The Labute approximate surface area is 166 Å². The zero-order valence-corrected chi connectivity index (χ0v) is 19.3. The molecule has 0 saturated carbocycles. The van der Waals surface area contributed by atoms with Crippen LogP contribution < -0.4 is 10.6 Å². The summed E-state index contributed by atoms with van der Waals surface area (Å²) in [6, 6.07) is 21.7. The molecule has 2 nitrogen and oxygen atoms in total. The van der Waals surface area contributed by atoms with E-state index in [1.165, 1.54) is 0 Å². The molecule has 0 amide bonds. The maximum absolute atomic E-state index is 14.5. The number of benzene rings is 2. The lowest BCUT2D eigenvalue weighted by Gasteiger charge is -2.38. The second kappa shape index (κ2) is 8.90. The van der Waals surface area contributed by atoms with Crippen LogP contribution in [0, 0.1) is 18.3 Å². The van der Waals surface area contributed by atoms with Gasteiger partial charge in [-0.2, -0.15) is 0 Å². The van der Waals surface area contributed by atoms with Crippen molar-refractivity contribution in [1.82, 2.24) is 0 Å². The fraction of sp³-hybridized carbons (Fsp3) is 0.348. The molecule has 0 saturated heterocycles. The molecule has 4 heteroatoms. The van der Waals surface area contributed by atoms with Crippen LogP contribution in [0.3, 0.4) is 0 Å². The molecule has 0 aliphatic carbocycles. The van der Waals surface area contributed by atoms with Crippen molar-refractivity contribution < 1.29 is 9.30 Å². The highest BCUT2D eigenvalue weighted by Gasteiger charge is 2.42. The molecule has 0 bridgehead atoms. The highest BCUT2D eigenvalue weighted by atomic mass is 31.2. The first-order chi connectivity index (χ1) is 12.6. The molecule has 0 fully saturated rings. The summed E-state index contributed by atoms with van der Waals surface area (Å²) in [5.74, 6) is 0.576. The van der Waals surface area contributed by atoms with E-state index in [1.807, 2.05) is 74.0 Å². The van der Waals surface area contributed by atoms with Gasteiger partial charge in [-0.1, -0.05) is 94.5 Å². The highest BCUT2D eigenvalue weighted by Crippen LogP contribution is 2.56. The predicted molar refractivity (Wildman–Crippen MR) is 120 cm³/mol. The Morgan fingerprint density at radius 3 is 1.78 bits per heavy atom. The normalized spacial score (nSPS) is 13.1. The number of rotatable bonds is 8. The molecule has 0 unspecified atom stereocenters. The van der Waals surface area contributed by atoms with E-state index in [0.29, 0.717) is 12.5 Å². The van der Waals surface area contributed by atoms with Crippen LogP contribution in [0.2, 0.25) is 18.1 Å². The second-order valence-electron chi connectivity index (χ2n) is 8.36. The minimum atomic E-state index is -3.06. The van der Waals surface area contributed by atoms with Gasteiger partial charge in [-0.15, -0.1) is 0 Å². The lowest BCUT2D eigenvalue weighted by atomic mass is 10.2. The van der Waals surface area contributed by atoms with Crippen molar-refractivity contribution in [3.8, 4) is 0 Å². The van der Waals surface area contributed by atoms with Crippen molar-refractivity contribution in [1.29, 1.82) is 0 Å². The van der Waals surface area contributed by atoms with Crippen molar-refractivity contribution >= 4 is 25.8 Å². The monoisotopic (exact) mass is 399 g/mol. The summed E-state index contributed by atoms with van der Waals surface area (Å²) < 4.78 is 20.5. The van der Waals surface area contributed by atoms with Gasteiger partial charge in [-0.3, -0.25) is 0 Å². The quantitative estimate of drug-likeness (QED) is 0.403. The van der Waals surface area contributed by atoms with E-state index >= 15 is 0 Å². The third kappa shape index (κ3) is 5.02. The topological polar surface area (TPSA) is 26.3 Å². The average molecular weight is 400 g/mol. The molecule has 2 aromatic rings. The summed E-state index contributed by atoms with van der Waals surface area (Å²) in [5.41, 5.74) is 0.